The molecular formula is C11H11BrF3NO2. The molecule has 0 bridgehead atoms. The Kier molecular flexibility index (Phi) is 4.61. The summed E-state index contributed by atoms with van der Waals surface area (Å²) in [4.78, 5) is 12.5. The zero-order valence-corrected chi connectivity index (χ0v) is 11.0. The van der Waals surface area contributed by atoms with Crippen LogP contribution in [0.5, 0.6) is 5.75 Å². The first-order valence-electron chi connectivity index (χ1n) is 5.09. The van der Waals surface area contributed by atoms with Crippen LogP contribution in [0.2, 0.25) is 0 Å². The van der Waals surface area contributed by atoms with Crippen LogP contribution in [0.15, 0.2) is 22.7 Å². The van der Waals surface area contributed by atoms with Crippen LogP contribution in [0.1, 0.15) is 17.3 Å². The number of hydrogen-bond donors (Lipinski definition) is 1. The van der Waals surface area contributed by atoms with Gasteiger partial charge in [-0.25, -0.2) is 0 Å². The van der Waals surface area contributed by atoms with Gasteiger partial charge in [0.2, 0.25) is 0 Å². The fourth-order valence-corrected chi connectivity index (χ4v) is 1.75. The lowest BCUT2D eigenvalue weighted by atomic mass is 10.1. The molecule has 0 aliphatic carbocycles. The van der Waals surface area contributed by atoms with Crippen molar-refractivity contribution in [2.24, 2.45) is 0 Å². The van der Waals surface area contributed by atoms with E-state index < -0.39 is 18.6 Å². The number of amides is 1. The molecule has 18 heavy (non-hydrogen) atoms. The highest BCUT2D eigenvalue weighted by Crippen LogP contribution is 2.25. The summed E-state index contributed by atoms with van der Waals surface area (Å²) in [6.45, 7) is 0.0191. The number of nitrogens with zero attached hydrogens (tertiary/aromatic N) is 1. The van der Waals surface area contributed by atoms with E-state index in [0.717, 1.165) is 0 Å². The molecule has 0 unspecified atom stereocenters. The normalized spacial score (nSPS) is 11.4. The van der Waals surface area contributed by atoms with Gasteiger partial charge in [0.25, 0.3) is 5.91 Å². The van der Waals surface area contributed by atoms with Crippen molar-refractivity contribution in [2.75, 3.05) is 13.1 Å². The van der Waals surface area contributed by atoms with E-state index in [2.05, 4.69) is 15.9 Å². The van der Waals surface area contributed by atoms with Gasteiger partial charge < -0.3 is 10.0 Å². The van der Waals surface area contributed by atoms with Crippen molar-refractivity contribution < 1.29 is 23.1 Å². The van der Waals surface area contributed by atoms with E-state index in [1.807, 2.05) is 0 Å². The van der Waals surface area contributed by atoms with Gasteiger partial charge in [-0.05, 0) is 25.1 Å². The van der Waals surface area contributed by atoms with Crippen LogP contribution in [0.3, 0.4) is 0 Å². The van der Waals surface area contributed by atoms with E-state index in [4.69, 9.17) is 0 Å². The molecule has 1 amide bonds. The monoisotopic (exact) mass is 325 g/mol. The Morgan fingerprint density at radius 2 is 2.06 bits per heavy atom. The summed E-state index contributed by atoms with van der Waals surface area (Å²) in [6, 6.07) is 4.02. The second kappa shape index (κ2) is 5.60. The molecule has 3 nitrogen and oxygen atoms in total. The molecular weight excluding hydrogens is 315 g/mol. The van der Waals surface area contributed by atoms with Crippen LogP contribution >= 0.6 is 15.9 Å². The number of carbonyl (C=O) groups is 1. The summed E-state index contributed by atoms with van der Waals surface area (Å²) in [5.74, 6) is -1.20. The Morgan fingerprint density at radius 1 is 1.44 bits per heavy atom. The van der Waals surface area contributed by atoms with Crippen LogP contribution in [0, 0.1) is 0 Å². The third-order valence-corrected chi connectivity index (χ3v) is 2.72. The summed E-state index contributed by atoms with van der Waals surface area (Å²) in [6.07, 6.45) is -4.46. The molecule has 0 saturated heterocycles. The molecule has 100 valence electrons. The summed E-state index contributed by atoms with van der Waals surface area (Å²) in [7, 11) is 0. The zero-order chi connectivity index (χ0) is 13.9. The number of aromatic hydroxyl groups is 1. The smallest absolute Gasteiger partial charge is 0.406 e. The number of benzene rings is 1. The fourth-order valence-electron chi connectivity index (χ4n) is 1.40. The topological polar surface area (TPSA) is 40.5 Å². The van der Waals surface area contributed by atoms with Crippen molar-refractivity contribution in [3.8, 4) is 5.75 Å². The fraction of sp³-hybridized carbons (Fsp3) is 0.364. The Bertz CT molecular complexity index is 448. The molecule has 0 aliphatic heterocycles. The van der Waals surface area contributed by atoms with E-state index in [1.54, 1.807) is 0 Å². The van der Waals surface area contributed by atoms with Gasteiger partial charge in [0.05, 0.1) is 5.56 Å². The van der Waals surface area contributed by atoms with Gasteiger partial charge in [0, 0.05) is 11.0 Å². The minimum atomic E-state index is -4.46. The third-order valence-electron chi connectivity index (χ3n) is 2.23. The molecule has 1 aromatic rings. The molecule has 0 aliphatic rings. The van der Waals surface area contributed by atoms with Crippen molar-refractivity contribution in [2.45, 2.75) is 13.1 Å². The van der Waals surface area contributed by atoms with Crippen molar-refractivity contribution in [3.63, 3.8) is 0 Å². The zero-order valence-electron chi connectivity index (χ0n) is 9.46. The first kappa shape index (κ1) is 14.8. The lowest BCUT2D eigenvalue weighted by Crippen LogP contribution is -2.38. The lowest BCUT2D eigenvalue weighted by Gasteiger charge is -2.22. The average Bonchev–Trinajstić information content (AvgIpc) is 2.24. The molecule has 1 N–H and O–H groups in total. The van der Waals surface area contributed by atoms with Crippen molar-refractivity contribution >= 4 is 21.8 Å². The molecule has 7 heteroatoms. The number of halogens is 4. The maximum absolute atomic E-state index is 12.3. The number of carbonyl (C=O) groups excluding carboxylic acids is 1. The van der Waals surface area contributed by atoms with Gasteiger partial charge in [0.15, 0.2) is 0 Å². The predicted octanol–water partition coefficient (Wildman–Crippen LogP) is 3.18. The number of hydrogen-bond acceptors (Lipinski definition) is 2. The SMILES string of the molecule is CCN(CC(F)(F)F)C(=O)c1ccc(Br)cc1O. The first-order valence-corrected chi connectivity index (χ1v) is 5.88. The van der Waals surface area contributed by atoms with Gasteiger partial charge in [-0.3, -0.25) is 4.79 Å². The summed E-state index contributed by atoms with van der Waals surface area (Å²) >= 11 is 3.08. The molecule has 0 fully saturated rings. The molecule has 1 rings (SSSR count). The van der Waals surface area contributed by atoms with E-state index >= 15 is 0 Å². The van der Waals surface area contributed by atoms with E-state index in [9.17, 15) is 23.1 Å². The highest BCUT2D eigenvalue weighted by molar-refractivity contribution is 9.10. The van der Waals surface area contributed by atoms with Crippen LogP contribution in [0.25, 0.3) is 0 Å². The molecule has 0 spiro atoms. The second-order valence-corrected chi connectivity index (χ2v) is 4.51. The number of phenols is 1. The summed E-state index contributed by atoms with van der Waals surface area (Å²) in [5.41, 5.74) is -0.149. The summed E-state index contributed by atoms with van der Waals surface area (Å²) < 4.78 is 37.3. The van der Waals surface area contributed by atoms with E-state index in [0.29, 0.717) is 9.37 Å². The van der Waals surface area contributed by atoms with Crippen molar-refractivity contribution in [3.05, 3.63) is 28.2 Å². The lowest BCUT2D eigenvalue weighted by molar-refractivity contribution is -0.140. The number of rotatable bonds is 3. The predicted molar refractivity (Wildman–Crippen MR) is 63.4 cm³/mol. The second-order valence-electron chi connectivity index (χ2n) is 3.60. The highest BCUT2D eigenvalue weighted by Gasteiger charge is 2.33. The van der Waals surface area contributed by atoms with E-state index in [-0.39, 0.29) is 17.9 Å². The van der Waals surface area contributed by atoms with Crippen LogP contribution in [-0.4, -0.2) is 35.2 Å². The van der Waals surface area contributed by atoms with Crippen molar-refractivity contribution in [1.82, 2.24) is 4.90 Å². The Balaban J connectivity index is 2.97. The quantitative estimate of drug-likeness (QED) is 0.927. The van der Waals surface area contributed by atoms with Gasteiger partial charge in [-0.2, -0.15) is 13.2 Å². The van der Waals surface area contributed by atoms with Crippen LogP contribution < -0.4 is 0 Å². The maximum Gasteiger partial charge on any atom is 0.406 e. The molecule has 0 aromatic heterocycles. The molecule has 0 radical (unpaired) electrons. The molecule has 0 heterocycles. The van der Waals surface area contributed by atoms with Gasteiger partial charge >= 0.3 is 6.18 Å². The molecule has 1 aromatic carbocycles. The standard InChI is InChI=1S/C11H11BrF3NO2/c1-2-16(6-11(13,14)15)10(18)8-4-3-7(12)5-9(8)17/h3-5,17H,2,6H2,1H3. The highest BCUT2D eigenvalue weighted by atomic mass is 79.9. The van der Waals surface area contributed by atoms with Crippen LogP contribution in [0.4, 0.5) is 13.2 Å². The molecule has 0 atom stereocenters. The molecule has 0 saturated carbocycles. The Hall–Kier alpha value is -1.24. The largest absolute Gasteiger partial charge is 0.507 e. The van der Waals surface area contributed by atoms with Crippen molar-refractivity contribution in [1.29, 1.82) is 0 Å². The van der Waals surface area contributed by atoms with Crippen LogP contribution in [-0.2, 0) is 0 Å². The van der Waals surface area contributed by atoms with E-state index in [1.165, 1.54) is 25.1 Å². The number of alkyl halides is 3. The van der Waals surface area contributed by atoms with Gasteiger partial charge in [-0.1, -0.05) is 15.9 Å². The average molecular weight is 326 g/mol. The maximum atomic E-state index is 12.3. The Labute approximate surface area is 110 Å². The minimum absolute atomic E-state index is 0.0894. The third kappa shape index (κ3) is 3.90. The first-order chi connectivity index (χ1) is 8.24. The van der Waals surface area contributed by atoms with Gasteiger partial charge in [0.1, 0.15) is 12.3 Å². The number of phenolic OH excluding ortho intramolecular Hbond substituents is 1. The Morgan fingerprint density at radius 3 is 2.50 bits per heavy atom. The van der Waals surface area contributed by atoms with Gasteiger partial charge in [-0.15, -0.1) is 0 Å². The summed E-state index contributed by atoms with van der Waals surface area (Å²) in [5, 5.41) is 9.55. The minimum Gasteiger partial charge on any atom is -0.507 e.